The molecule has 0 unspecified atom stereocenters. The van der Waals surface area contributed by atoms with E-state index in [9.17, 15) is 5.11 Å². The standard InChI is InChI=1S/C15H22O/c1-11(2)9-15(16)10-13(4)14-7-5-12(3)6-8-14/h5-9,13,15-16H,10H2,1-4H3/t13-,15-/m0/s1. The van der Waals surface area contributed by atoms with E-state index in [2.05, 4.69) is 38.1 Å². The summed E-state index contributed by atoms with van der Waals surface area (Å²) in [6.07, 6.45) is 2.38. The molecular formula is C15H22O. The third-order valence-corrected chi connectivity index (χ3v) is 2.77. The van der Waals surface area contributed by atoms with E-state index < -0.39 is 0 Å². The van der Waals surface area contributed by atoms with Gasteiger partial charge >= 0.3 is 0 Å². The molecule has 2 atom stereocenters. The van der Waals surface area contributed by atoms with Crippen LogP contribution in [0.2, 0.25) is 0 Å². The van der Waals surface area contributed by atoms with Crippen LogP contribution in [0.5, 0.6) is 0 Å². The van der Waals surface area contributed by atoms with Crippen LogP contribution in [0.3, 0.4) is 0 Å². The highest BCUT2D eigenvalue weighted by Crippen LogP contribution is 2.21. The zero-order valence-electron chi connectivity index (χ0n) is 10.7. The number of rotatable bonds is 4. The molecule has 0 saturated carbocycles. The Morgan fingerprint density at radius 2 is 1.81 bits per heavy atom. The summed E-state index contributed by atoms with van der Waals surface area (Å²) in [4.78, 5) is 0. The Morgan fingerprint density at radius 1 is 1.25 bits per heavy atom. The van der Waals surface area contributed by atoms with Crippen molar-refractivity contribution in [2.45, 2.75) is 46.1 Å². The first-order valence-electron chi connectivity index (χ1n) is 5.88. The number of allylic oxidation sites excluding steroid dienone is 1. The first kappa shape index (κ1) is 13.0. The molecule has 0 spiro atoms. The fourth-order valence-corrected chi connectivity index (χ4v) is 1.85. The predicted octanol–water partition coefficient (Wildman–Crippen LogP) is 3.82. The highest BCUT2D eigenvalue weighted by atomic mass is 16.3. The predicted molar refractivity (Wildman–Crippen MR) is 69.6 cm³/mol. The van der Waals surface area contributed by atoms with Gasteiger partial charge in [0.15, 0.2) is 0 Å². The minimum atomic E-state index is -0.332. The average Bonchev–Trinajstić information content (AvgIpc) is 2.16. The molecular weight excluding hydrogens is 196 g/mol. The monoisotopic (exact) mass is 218 g/mol. The van der Waals surface area contributed by atoms with E-state index in [1.54, 1.807) is 0 Å². The van der Waals surface area contributed by atoms with Gasteiger partial charge in [-0.3, -0.25) is 0 Å². The number of aliphatic hydroxyl groups is 1. The topological polar surface area (TPSA) is 20.2 Å². The van der Waals surface area contributed by atoms with Crippen molar-refractivity contribution in [3.8, 4) is 0 Å². The van der Waals surface area contributed by atoms with Crippen LogP contribution in [0, 0.1) is 6.92 Å². The average molecular weight is 218 g/mol. The quantitative estimate of drug-likeness (QED) is 0.762. The van der Waals surface area contributed by atoms with E-state index >= 15 is 0 Å². The van der Waals surface area contributed by atoms with Crippen molar-refractivity contribution >= 4 is 0 Å². The maximum Gasteiger partial charge on any atom is 0.0729 e. The molecule has 1 heteroatoms. The molecule has 1 aromatic carbocycles. The molecule has 16 heavy (non-hydrogen) atoms. The maximum atomic E-state index is 9.83. The molecule has 0 radical (unpaired) electrons. The Morgan fingerprint density at radius 3 is 2.31 bits per heavy atom. The number of benzene rings is 1. The van der Waals surface area contributed by atoms with Gasteiger partial charge in [-0.15, -0.1) is 0 Å². The molecule has 1 nitrogen and oxygen atoms in total. The van der Waals surface area contributed by atoms with Crippen LogP contribution in [0.25, 0.3) is 0 Å². The molecule has 0 aliphatic carbocycles. The molecule has 0 aliphatic rings. The van der Waals surface area contributed by atoms with Crippen LogP contribution >= 0.6 is 0 Å². The first-order valence-corrected chi connectivity index (χ1v) is 5.88. The lowest BCUT2D eigenvalue weighted by molar-refractivity contribution is 0.203. The molecule has 0 fully saturated rings. The van der Waals surface area contributed by atoms with Crippen molar-refractivity contribution in [3.05, 3.63) is 47.0 Å². The summed E-state index contributed by atoms with van der Waals surface area (Å²) < 4.78 is 0. The van der Waals surface area contributed by atoms with Crippen molar-refractivity contribution in [3.63, 3.8) is 0 Å². The molecule has 0 saturated heterocycles. The molecule has 1 N–H and O–H groups in total. The first-order chi connectivity index (χ1) is 7.49. The SMILES string of the molecule is CC(C)=C[C@H](O)C[C@H](C)c1ccc(C)cc1. The molecule has 1 aromatic rings. The largest absolute Gasteiger partial charge is 0.389 e. The lowest BCUT2D eigenvalue weighted by Gasteiger charge is -2.15. The van der Waals surface area contributed by atoms with Crippen LogP contribution in [-0.2, 0) is 0 Å². The van der Waals surface area contributed by atoms with E-state index in [0.717, 1.165) is 6.42 Å². The highest BCUT2D eigenvalue weighted by Gasteiger charge is 2.09. The Bertz CT molecular complexity index is 344. The van der Waals surface area contributed by atoms with Crippen molar-refractivity contribution < 1.29 is 5.11 Å². The van der Waals surface area contributed by atoms with Gasteiger partial charge in [0.2, 0.25) is 0 Å². The third-order valence-electron chi connectivity index (χ3n) is 2.77. The maximum absolute atomic E-state index is 9.83. The van der Waals surface area contributed by atoms with Crippen molar-refractivity contribution in [2.24, 2.45) is 0 Å². The minimum Gasteiger partial charge on any atom is -0.389 e. The minimum absolute atomic E-state index is 0.332. The van der Waals surface area contributed by atoms with Crippen molar-refractivity contribution in [2.75, 3.05) is 0 Å². The summed E-state index contributed by atoms with van der Waals surface area (Å²) in [6.45, 7) is 8.28. The smallest absolute Gasteiger partial charge is 0.0729 e. The number of hydrogen-bond acceptors (Lipinski definition) is 1. The molecule has 0 bridgehead atoms. The Labute approximate surface area is 98.8 Å². The second-order valence-electron chi connectivity index (χ2n) is 4.86. The van der Waals surface area contributed by atoms with E-state index in [4.69, 9.17) is 0 Å². The van der Waals surface area contributed by atoms with Gasteiger partial charge in [0, 0.05) is 0 Å². The Kier molecular flexibility index (Phi) is 4.75. The molecule has 0 aromatic heterocycles. The lowest BCUT2D eigenvalue weighted by atomic mass is 9.94. The fraction of sp³-hybridized carbons (Fsp3) is 0.467. The molecule has 1 rings (SSSR count). The van der Waals surface area contributed by atoms with Gasteiger partial charge in [0.1, 0.15) is 0 Å². The highest BCUT2D eigenvalue weighted by molar-refractivity contribution is 5.24. The fourth-order valence-electron chi connectivity index (χ4n) is 1.85. The van der Waals surface area contributed by atoms with Gasteiger partial charge in [-0.2, -0.15) is 0 Å². The molecule has 88 valence electrons. The van der Waals surface area contributed by atoms with Crippen molar-refractivity contribution in [1.82, 2.24) is 0 Å². The summed E-state index contributed by atoms with van der Waals surface area (Å²) >= 11 is 0. The number of aliphatic hydroxyl groups excluding tert-OH is 1. The van der Waals surface area contributed by atoms with E-state index in [1.165, 1.54) is 16.7 Å². The second kappa shape index (κ2) is 5.86. The summed E-state index contributed by atoms with van der Waals surface area (Å²) in [5.41, 5.74) is 3.75. The molecule has 0 amide bonds. The summed E-state index contributed by atoms with van der Waals surface area (Å²) in [7, 11) is 0. The van der Waals surface area contributed by atoms with Crippen LogP contribution in [0.1, 0.15) is 44.2 Å². The van der Waals surface area contributed by atoms with Gasteiger partial charge in [0.05, 0.1) is 6.10 Å². The van der Waals surface area contributed by atoms with Crippen LogP contribution in [-0.4, -0.2) is 11.2 Å². The zero-order chi connectivity index (χ0) is 12.1. The van der Waals surface area contributed by atoms with E-state index in [-0.39, 0.29) is 6.10 Å². The molecule has 0 aliphatic heterocycles. The number of aryl methyl sites for hydroxylation is 1. The normalized spacial score (nSPS) is 14.3. The Hall–Kier alpha value is -1.08. The van der Waals surface area contributed by atoms with Gasteiger partial charge in [-0.05, 0) is 38.7 Å². The third kappa shape index (κ3) is 4.19. The van der Waals surface area contributed by atoms with Crippen molar-refractivity contribution in [1.29, 1.82) is 0 Å². The molecule has 0 heterocycles. The zero-order valence-corrected chi connectivity index (χ0v) is 10.7. The van der Waals surface area contributed by atoms with Crippen LogP contribution < -0.4 is 0 Å². The second-order valence-corrected chi connectivity index (χ2v) is 4.86. The van der Waals surface area contributed by atoms with Gasteiger partial charge in [-0.1, -0.05) is 48.4 Å². The Balaban J connectivity index is 2.62. The van der Waals surface area contributed by atoms with E-state index in [0.29, 0.717) is 5.92 Å². The van der Waals surface area contributed by atoms with Crippen LogP contribution in [0.4, 0.5) is 0 Å². The van der Waals surface area contributed by atoms with Gasteiger partial charge < -0.3 is 5.11 Å². The summed E-state index contributed by atoms with van der Waals surface area (Å²) in [5, 5.41) is 9.83. The van der Waals surface area contributed by atoms with Crippen LogP contribution in [0.15, 0.2) is 35.9 Å². The summed E-state index contributed by atoms with van der Waals surface area (Å²) in [6, 6.07) is 8.54. The van der Waals surface area contributed by atoms with Gasteiger partial charge in [-0.25, -0.2) is 0 Å². The van der Waals surface area contributed by atoms with E-state index in [1.807, 2.05) is 19.9 Å². The summed E-state index contributed by atoms with van der Waals surface area (Å²) in [5.74, 6) is 0.395. The van der Waals surface area contributed by atoms with Gasteiger partial charge in [0.25, 0.3) is 0 Å². The number of hydrogen-bond donors (Lipinski definition) is 1. The lowest BCUT2D eigenvalue weighted by Crippen LogP contribution is -2.08.